The summed E-state index contributed by atoms with van der Waals surface area (Å²) < 4.78 is 81.7. The van der Waals surface area contributed by atoms with E-state index in [0.717, 1.165) is 30.7 Å². The maximum atomic E-state index is 13.8. The minimum Gasteiger partial charge on any atom is -0.338 e. The molecule has 2 aromatic carbocycles. The molecule has 1 saturated carbocycles. The van der Waals surface area contributed by atoms with Crippen LogP contribution in [0.5, 0.6) is 0 Å². The van der Waals surface area contributed by atoms with Gasteiger partial charge in [0, 0.05) is 27.5 Å². The molecule has 34 heavy (non-hydrogen) atoms. The van der Waals surface area contributed by atoms with Gasteiger partial charge in [0.25, 0.3) is 0 Å². The molecule has 2 heterocycles. The SMILES string of the molecule is N#Cc1ccc2c(cc(C3CC3)n2Cc2csc(-c3ccc(C(F)(F)F)cc3)n2)c1C(F)(F)F. The first-order chi connectivity index (χ1) is 16.1. The Kier molecular flexibility index (Phi) is 5.20. The zero-order chi connectivity index (χ0) is 24.3. The van der Waals surface area contributed by atoms with Crippen molar-refractivity contribution in [2.75, 3.05) is 0 Å². The Morgan fingerprint density at radius 2 is 1.71 bits per heavy atom. The molecule has 5 rings (SSSR count). The van der Waals surface area contributed by atoms with Crippen LogP contribution in [-0.2, 0) is 18.9 Å². The zero-order valence-electron chi connectivity index (χ0n) is 17.3. The van der Waals surface area contributed by atoms with Crippen LogP contribution in [0.2, 0.25) is 0 Å². The van der Waals surface area contributed by atoms with Crippen LogP contribution >= 0.6 is 11.3 Å². The van der Waals surface area contributed by atoms with Crippen LogP contribution in [-0.4, -0.2) is 9.55 Å². The smallest absolute Gasteiger partial charge is 0.338 e. The van der Waals surface area contributed by atoms with Crippen LogP contribution in [0.3, 0.4) is 0 Å². The molecule has 0 unspecified atom stereocenters. The van der Waals surface area contributed by atoms with E-state index >= 15 is 0 Å². The molecule has 0 aliphatic heterocycles. The van der Waals surface area contributed by atoms with Gasteiger partial charge in [-0.1, -0.05) is 12.1 Å². The van der Waals surface area contributed by atoms with Gasteiger partial charge < -0.3 is 4.57 Å². The second-order valence-electron chi connectivity index (χ2n) is 8.18. The predicted molar refractivity (Wildman–Crippen MR) is 115 cm³/mol. The first kappa shape index (κ1) is 22.5. The van der Waals surface area contributed by atoms with Crippen LogP contribution < -0.4 is 0 Å². The van der Waals surface area contributed by atoms with Gasteiger partial charge in [0.15, 0.2) is 0 Å². The molecule has 1 aliphatic rings. The summed E-state index contributed by atoms with van der Waals surface area (Å²) in [5, 5.41) is 11.5. The van der Waals surface area contributed by atoms with Crippen LogP contribution in [0.4, 0.5) is 26.3 Å². The van der Waals surface area contributed by atoms with E-state index in [2.05, 4.69) is 4.98 Å². The lowest BCUT2D eigenvalue weighted by atomic mass is 10.0. The number of rotatable bonds is 4. The highest BCUT2D eigenvalue weighted by atomic mass is 32.1. The van der Waals surface area contributed by atoms with Crippen molar-refractivity contribution >= 4 is 22.2 Å². The molecule has 0 bridgehead atoms. The normalized spacial score (nSPS) is 14.5. The van der Waals surface area contributed by atoms with Crippen LogP contribution in [0, 0.1) is 11.3 Å². The standard InChI is InChI=1S/C24H15F6N3S/c25-23(26,27)16-6-3-14(4-7-16)22-32-17(12-34-22)11-33-19-8-5-15(10-31)21(24(28,29)30)18(19)9-20(33)13-1-2-13/h3-9,12-13H,1-2,11H2. The average molecular weight is 491 g/mol. The molecule has 4 aromatic rings. The van der Waals surface area contributed by atoms with Gasteiger partial charge in [-0.05, 0) is 49.1 Å². The van der Waals surface area contributed by atoms with Gasteiger partial charge in [-0.3, -0.25) is 0 Å². The van der Waals surface area contributed by atoms with Gasteiger partial charge in [0.1, 0.15) is 5.01 Å². The summed E-state index contributed by atoms with van der Waals surface area (Å²) in [6.45, 7) is 0.218. The molecule has 0 atom stereocenters. The first-order valence-corrected chi connectivity index (χ1v) is 11.2. The molecule has 174 valence electrons. The highest BCUT2D eigenvalue weighted by Gasteiger charge is 2.38. The molecule has 0 radical (unpaired) electrons. The number of nitrogens with zero attached hydrogens (tertiary/aromatic N) is 3. The zero-order valence-corrected chi connectivity index (χ0v) is 18.2. The van der Waals surface area contributed by atoms with Gasteiger partial charge >= 0.3 is 12.4 Å². The van der Waals surface area contributed by atoms with Crippen LogP contribution in [0.1, 0.15) is 46.8 Å². The van der Waals surface area contributed by atoms with E-state index < -0.39 is 29.0 Å². The number of fused-ring (bicyclic) bond motifs is 1. The van der Waals surface area contributed by atoms with Gasteiger partial charge in [0.05, 0.1) is 35.0 Å². The monoisotopic (exact) mass is 491 g/mol. The first-order valence-electron chi connectivity index (χ1n) is 10.3. The number of hydrogen-bond donors (Lipinski definition) is 0. The van der Waals surface area contributed by atoms with E-state index in [1.165, 1.54) is 41.7 Å². The van der Waals surface area contributed by atoms with Crippen molar-refractivity contribution in [2.45, 2.75) is 37.7 Å². The molecule has 1 fully saturated rings. The summed E-state index contributed by atoms with van der Waals surface area (Å²) in [5.41, 5.74) is 0.156. The molecule has 3 nitrogen and oxygen atoms in total. The summed E-state index contributed by atoms with van der Waals surface area (Å²) in [6, 6.07) is 10.6. The summed E-state index contributed by atoms with van der Waals surface area (Å²) in [4.78, 5) is 4.52. The maximum Gasteiger partial charge on any atom is 0.418 e. The summed E-state index contributed by atoms with van der Waals surface area (Å²) in [6.07, 6.45) is -7.36. The fraction of sp³-hybridized carbons (Fsp3) is 0.250. The Morgan fingerprint density at radius 1 is 1.00 bits per heavy atom. The minimum atomic E-state index is -4.67. The lowest BCUT2D eigenvalue weighted by Gasteiger charge is -2.12. The van der Waals surface area contributed by atoms with Crippen molar-refractivity contribution in [1.29, 1.82) is 5.26 Å². The van der Waals surface area contributed by atoms with Crippen molar-refractivity contribution < 1.29 is 26.3 Å². The Balaban J connectivity index is 1.53. The van der Waals surface area contributed by atoms with Crippen molar-refractivity contribution in [1.82, 2.24) is 9.55 Å². The van der Waals surface area contributed by atoms with Crippen molar-refractivity contribution in [3.8, 4) is 16.6 Å². The quantitative estimate of drug-likeness (QED) is 0.276. The Labute approximate surface area is 193 Å². The number of alkyl halides is 6. The fourth-order valence-electron chi connectivity index (χ4n) is 4.12. The van der Waals surface area contributed by atoms with Crippen LogP contribution in [0.25, 0.3) is 21.5 Å². The van der Waals surface area contributed by atoms with Gasteiger partial charge in [-0.2, -0.15) is 31.6 Å². The number of thiazole rings is 1. The second-order valence-corrected chi connectivity index (χ2v) is 9.04. The highest BCUT2D eigenvalue weighted by Crippen LogP contribution is 2.45. The predicted octanol–water partition coefficient (Wildman–Crippen LogP) is 7.60. The second kappa shape index (κ2) is 7.87. The number of hydrogen-bond acceptors (Lipinski definition) is 3. The summed E-state index contributed by atoms with van der Waals surface area (Å²) >= 11 is 1.26. The van der Waals surface area contributed by atoms with Crippen molar-refractivity contribution in [2.24, 2.45) is 0 Å². The van der Waals surface area contributed by atoms with E-state index in [-0.39, 0.29) is 17.8 Å². The molecule has 2 aromatic heterocycles. The van der Waals surface area contributed by atoms with Crippen molar-refractivity contribution in [3.63, 3.8) is 0 Å². The third kappa shape index (κ3) is 4.05. The molecule has 10 heteroatoms. The van der Waals surface area contributed by atoms with Gasteiger partial charge in [-0.25, -0.2) is 4.98 Å². The molecule has 0 amide bonds. The van der Waals surface area contributed by atoms with E-state index in [9.17, 15) is 31.6 Å². The molecule has 0 saturated heterocycles. The topological polar surface area (TPSA) is 41.6 Å². The third-order valence-electron chi connectivity index (χ3n) is 5.85. The molecule has 0 spiro atoms. The van der Waals surface area contributed by atoms with E-state index in [4.69, 9.17) is 0 Å². The van der Waals surface area contributed by atoms with E-state index in [1.54, 1.807) is 16.0 Å². The number of nitriles is 1. The number of halogens is 6. The lowest BCUT2D eigenvalue weighted by molar-refractivity contribution is -0.138. The van der Waals surface area contributed by atoms with E-state index in [0.29, 0.717) is 21.8 Å². The molecular weight excluding hydrogens is 476 g/mol. The minimum absolute atomic E-state index is 0.00774. The third-order valence-corrected chi connectivity index (χ3v) is 6.79. The Bertz CT molecular complexity index is 1420. The molecule has 0 N–H and O–H groups in total. The van der Waals surface area contributed by atoms with E-state index in [1.807, 2.05) is 0 Å². The fourth-order valence-corrected chi connectivity index (χ4v) is 4.94. The van der Waals surface area contributed by atoms with Gasteiger partial charge in [-0.15, -0.1) is 11.3 Å². The number of aromatic nitrogens is 2. The molecule has 1 aliphatic carbocycles. The Hall–Kier alpha value is -3.32. The largest absolute Gasteiger partial charge is 0.418 e. The van der Waals surface area contributed by atoms with Gasteiger partial charge in [0.2, 0.25) is 0 Å². The van der Waals surface area contributed by atoms with Crippen LogP contribution in [0.15, 0.2) is 47.8 Å². The lowest BCUT2D eigenvalue weighted by Crippen LogP contribution is -2.09. The Morgan fingerprint density at radius 3 is 2.29 bits per heavy atom. The maximum absolute atomic E-state index is 13.8. The van der Waals surface area contributed by atoms with Crippen molar-refractivity contribution in [3.05, 3.63) is 75.9 Å². The summed E-state index contributed by atoms with van der Waals surface area (Å²) in [7, 11) is 0. The number of benzene rings is 2. The average Bonchev–Trinajstić information content (AvgIpc) is 3.41. The highest BCUT2D eigenvalue weighted by molar-refractivity contribution is 7.13. The summed E-state index contributed by atoms with van der Waals surface area (Å²) in [5.74, 6) is 0.145. The molecular formula is C24H15F6N3S.